The molecule has 2 aromatic carbocycles. The van der Waals surface area contributed by atoms with Crippen LogP contribution in [0.3, 0.4) is 0 Å². The zero-order valence-electron chi connectivity index (χ0n) is 12.8. The fourth-order valence-electron chi connectivity index (χ4n) is 2.17. The molecular weight excluding hydrogens is 296 g/mol. The highest BCUT2D eigenvalue weighted by molar-refractivity contribution is 5.89. The van der Waals surface area contributed by atoms with Crippen LogP contribution in [0.5, 0.6) is 5.75 Å². The fourth-order valence-corrected chi connectivity index (χ4v) is 2.17. The maximum atomic E-state index is 11.1. The molecule has 0 heterocycles. The number of hydrogen-bond donors (Lipinski definition) is 1. The van der Waals surface area contributed by atoms with Crippen LogP contribution < -0.4 is 10.1 Å². The number of benzene rings is 2. The number of rotatable bonds is 7. The zero-order valence-corrected chi connectivity index (χ0v) is 12.8. The summed E-state index contributed by atoms with van der Waals surface area (Å²) in [4.78, 5) is 21.6. The molecule has 0 aliphatic rings. The number of nitro groups is 1. The van der Waals surface area contributed by atoms with Gasteiger partial charge in [0.2, 0.25) is 5.91 Å². The van der Waals surface area contributed by atoms with Crippen LogP contribution in [0, 0.1) is 10.1 Å². The Hall–Kier alpha value is -2.89. The molecule has 0 unspecified atom stereocenters. The minimum atomic E-state index is -0.516. The van der Waals surface area contributed by atoms with Crippen LogP contribution in [0.1, 0.15) is 18.9 Å². The van der Waals surface area contributed by atoms with Crippen LogP contribution in [0.15, 0.2) is 48.5 Å². The number of amides is 1. The lowest BCUT2D eigenvalue weighted by Crippen LogP contribution is -2.07. The molecule has 0 spiro atoms. The molecule has 120 valence electrons. The largest absolute Gasteiger partial charge is 0.487 e. The van der Waals surface area contributed by atoms with Crippen molar-refractivity contribution >= 4 is 17.3 Å². The van der Waals surface area contributed by atoms with E-state index in [1.54, 1.807) is 6.07 Å². The summed E-state index contributed by atoms with van der Waals surface area (Å²) in [6.07, 6.45) is 1.60. The first kappa shape index (κ1) is 16.5. The number of carbonyl (C=O) groups excluding carboxylic acids is 1. The Morgan fingerprint density at radius 3 is 2.61 bits per heavy atom. The molecule has 0 saturated heterocycles. The van der Waals surface area contributed by atoms with Gasteiger partial charge in [0, 0.05) is 18.7 Å². The van der Waals surface area contributed by atoms with Crippen molar-refractivity contribution < 1.29 is 14.5 Å². The van der Waals surface area contributed by atoms with Gasteiger partial charge < -0.3 is 10.1 Å². The van der Waals surface area contributed by atoms with Crippen molar-refractivity contribution in [3.8, 4) is 5.75 Å². The third-order valence-corrected chi connectivity index (χ3v) is 3.19. The van der Waals surface area contributed by atoms with Crippen molar-refractivity contribution in [1.82, 2.24) is 0 Å². The van der Waals surface area contributed by atoms with E-state index in [1.807, 2.05) is 30.3 Å². The second-order valence-corrected chi connectivity index (χ2v) is 5.06. The number of nitrogens with one attached hydrogen (secondary N) is 1. The van der Waals surface area contributed by atoms with Gasteiger partial charge in [0.15, 0.2) is 5.75 Å². The van der Waals surface area contributed by atoms with Gasteiger partial charge in [-0.05, 0) is 30.5 Å². The van der Waals surface area contributed by atoms with Crippen molar-refractivity contribution in [3.63, 3.8) is 0 Å². The van der Waals surface area contributed by atoms with Crippen molar-refractivity contribution in [2.24, 2.45) is 0 Å². The van der Waals surface area contributed by atoms with Crippen LogP contribution in [0.2, 0.25) is 0 Å². The molecule has 6 nitrogen and oxygen atoms in total. The molecule has 0 aliphatic heterocycles. The molecule has 1 amide bonds. The fraction of sp³-hybridized carbons (Fsp3) is 0.235. The maximum Gasteiger partial charge on any atom is 0.312 e. The first-order valence-electron chi connectivity index (χ1n) is 7.29. The van der Waals surface area contributed by atoms with Gasteiger partial charge in [-0.2, -0.15) is 0 Å². The number of nitro benzene ring substituents is 1. The molecule has 0 saturated carbocycles. The molecule has 0 bridgehead atoms. The molecular formula is C17H18N2O4. The van der Waals surface area contributed by atoms with E-state index in [0.717, 1.165) is 12.8 Å². The normalized spacial score (nSPS) is 10.1. The van der Waals surface area contributed by atoms with E-state index in [1.165, 1.54) is 24.6 Å². The molecule has 6 heteroatoms. The number of carbonyl (C=O) groups is 1. The summed E-state index contributed by atoms with van der Waals surface area (Å²) in [6, 6.07) is 14.4. The van der Waals surface area contributed by atoms with E-state index in [4.69, 9.17) is 4.74 Å². The van der Waals surface area contributed by atoms with Crippen LogP contribution in [-0.4, -0.2) is 17.4 Å². The van der Waals surface area contributed by atoms with Crippen LogP contribution in [0.4, 0.5) is 11.4 Å². The minimum absolute atomic E-state index is 0.157. The number of hydrogen-bond acceptors (Lipinski definition) is 4. The Labute approximate surface area is 134 Å². The maximum absolute atomic E-state index is 11.1. The average Bonchev–Trinajstić information content (AvgIpc) is 2.53. The Kier molecular flexibility index (Phi) is 5.68. The smallest absolute Gasteiger partial charge is 0.312 e. The van der Waals surface area contributed by atoms with Gasteiger partial charge in [-0.15, -0.1) is 0 Å². The highest BCUT2D eigenvalue weighted by atomic mass is 16.6. The van der Waals surface area contributed by atoms with Crippen LogP contribution >= 0.6 is 0 Å². The van der Waals surface area contributed by atoms with Crippen LogP contribution in [-0.2, 0) is 11.2 Å². The predicted molar refractivity (Wildman–Crippen MR) is 87.7 cm³/mol. The SMILES string of the molecule is CC(=O)Nc1ccc(OCCCc2ccccc2)c([N+](=O)[O-])c1. The topological polar surface area (TPSA) is 81.5 Å². The van der Waals surface area contributed by atoms with Crippen molar-refractivity contribution in [3.05, 3.63) is 64.2 Å². The van der Waals surface area contributed by atoms with Gasteiger partial charge >= 0.3 is 5.69 Å². The summed E-state index contributed by atoms with van der Waals surface area (Å²) in [5, 5.41) is 13.6. The third kappa shape index (κ3) is 5.10. The highest BCUT2D eigenvalue weighted by Crippen LogP contribution is 2.30. The van der Waals surface area contributed by atoms with Gasteiger partial charge in [-0.25, -0.2) is 0 Å². The molecule has 0 atom stereocenters. The van der Waals surface area contributed by atoms with E-state index >= 15 is 0 Å². The number of anilines is 1. The lowest BCUT2D eigenvalue weighted by atomic mass is 10.1. The van der Waals surface area contributed by atoms with Gasteiger partial charge in [0.25, 0.3) is 0 Å². The number of aryl methyl sites for hydroxylation is 1. The second-order valence-electron chi connectivity index (χ2n) is 5.06. The van der Waals surface area contributed by atoms with E-state index < -0.39 is 4.92 Å². The number of ether oxygens (including phenoxy) is 1. The molecule has 2 rings (SSSR count). The average molecular weight is 314 g/mol. The first-order valence-corrected chi connectivity index (χ1v) is 7.29. The molecule has 0 aromatic heterocycles. The quantitative estimate of drug-likeness (QED) is 0.481. The summed E-state index contributed by atoms with van der Waals surface area (Å²) in [5.74, 6) is -0.0759. The van der Waals surface area contributed by atoms with E-state index in [-0.39, 0.29) is 17.3 Å². The Bertz CT molecular complexity index is 686. The lowest BCUT2D eigenvalue weighted by molar-refractivity contribution is -0.385. The van der Waals surface area contributed by atoms with Gasteiger partial charge in [0.05, 0.1) is 11.5 Å². The molecule has 1 N–H and O–H groups in total. The van der Waals surface area contributed by atoms with E-state index in [0.29, 0.717) is 12.3 Å². The van der Waals surface area contributed by atoms with Crippen molar-refractivity contribution in [2.45, 2.75) is 19.8 Å². The molecule has 0 fully saturated rings. The zero-order chi connectivity index (χ0) is 16.7. The first-order chi connectivity index (χ1) is 11.1. The molecule has 0 radical (unpaired) electrons. The van der Waals surface area contributed by atoms with Gasteiger partial charge in [-0.3, -0.25) is 14.9 Å². The summed E-state index contributed by atoms with van der Waals surface area (Å²) in [5.41, 5.74) is 1.42. The highest BCUT2D eigenvalue weighted by Gasteiger charge is 2.16. The summed E-state index contributed by atoms with van der Waals surface area (Å²) in [6.45, 7) is 1.73. The van der Waals surface area contributed by atoms with Crippen molar-refractivity contribution in [2.75, 3.05) is 11.9 Å². The third-order valence-electron chi connectivity index (χ3n) is 3.19. The van der Waals surface area contributed by atoms with E-state index in [2.05, 4.69) is 5.32 Å². The Balaban J connectivity index is 1.96. The van der Waals surface area contributed by atoms with E-state index in [9.17, 15) is 14.9 Å². The summed E-state index contributed by atoms with van der Waals surface area (Å²) < 4.78 is 5.53. The second kappa shape index (κ2) is 7.93. The van der Waals surface area contributed by atoms with Crippen molar-refractivity contribution in [1.29, 1.82) is 0 Å². The predicted octanol–water partition coefficient (Wildman–Crippen LogP) is 3.56. The Morgan fingerprint density at radius 1 is 1.22 bits per heavy atom. The van der Waals surface area contributed by atoms with Crippen LogP contribution in [0.25, 0.3) is 0 Å². The Morgan fingerprint density at radius 2 is 1.96 bits per heavy atom. The summed E-state index contributed by atoms with van der Waals surface area (Å²) in [7, 11) is 0. The summed E-state index contributed by atoms with van der Waals surface area (Å²) >= 11 is 0. The molecule has 23 heavy (non-hydrogen) atoms. The van der Waals surface area contributed by atoms with Gasteiger partial charge in [-0.1, -0.05) is 30.3 Å². The minimum Gasteiger partial charge on any atom is -0.487 e. The molecule has 0 aliphatic carbocycles. The van der Waals surface area contributed by atoms with Gasteiger partial charge in [0.1, 0.15) is 0 Å². The number of nitrogens with zero attached hydrogens (tertiary/aromatic N) is 1. The monoisotopic (exact) mass is 314 g/mol. The standard InChI is InChI=1S/C17H18N2O4/c1-13(20)18-15-9-10-17(16(12-15)19(21)22)23-11-5-8-14-6-3-2-4-7-14/h2-4,6-7,9-10,12H,5,8,11H2,1H3,(H,18,20). The molecule has 2 aromatic rings. The lowest BCUT2D eigenvalue weighted by Gasteiger charge is -2.08.